The molecule has 0 spiro atoms. The Labute approximate surface area is 126 Å². The molecule has 3 rings (SSSR count). The Morgan fingerprint density at radius 2 is 2.19 bits per heavy atom. The summed E-state index contributed by atoms with van der Waals surface area (Å²) in [5, 5.41) is 7.86. The minimum atomic E-state index is 0.180. The lowest BCUT2D eigenvalue weighted by molar-refractivity contribution is 0.274. The Bertz CT molecular complexity index is 609. The normalized spacial score (nSPS) is 20.5. The van der Waals surface area contributed by atoms with E-state index in [9.17, 15) is 0 Å². The third kappa shape index (κ3) is 2.88. The molecular formula is C16H25N5. The van der Waals surface area contributed by atoms with Crippen LogP contribution in [-0.2, 0) is 19.5 Å². The predicted molar refractivity (Wildman–Crippen MR) is 82.8 cm³/mol. The molecule has 0 aromatic carbocycles. The van der Waals surface area contributed by atoms with Crippen molar-refractivity contribution in [2.45, 2.75) is 59.2 Å². The van der Waals surface area contributed by atoms with E-state index in [0.29, 0.717) is 5.41 Å². The van der Waals surface area contributed by atoms with Gasteiger partial charge in [-0.15, -0.1) is 5.10 Å². The molecule has 1 atom stereocenters. The van der Waals surface area contributed by atoms with E-state index < -0.39 is 0 Å². The van der Waals surface area contributed by atoms with Crippen LogP contribution in [0.1, 0.15) is 49.7 Å². The monoisotopic (exact) mass is 287 g/mol. The predicted octanol–water partition coefficient (Wildman–Crippen LogP) is 2.45. The molecule has 0 fully saturated rings. The highest BCUT2D eigenvalue weighted by molar-refractivity contribution is 5.34. The number of hydrogen-bond donors (Lipinski definition) is 1. The molecule has 2 N–H and O–H groups in total. The summed E-state index contributed by atoms with van der Waals surface area (Å²) in [7, 11) is 0. The molecule has 0 aliphatic heterocycles. The fraction of sp³-hybridized carbons (Fsp3) is 0.625. The quantitative estimate of drug-likeness (QED) is 0.939. The van der Waals surface area contributed by atoms with Crippen LogP contribution in [0.2, 0.25) is 0 Å². The van der Waals surface area contributed by atoms with E-state index in [4.69, 9.17) is 5.73 Å². The fourth-order valence-electron chi connectivity index (χ4n) is 3.56. The van der Waals surface area contributed by atoms with Gasteiger partial charge in [-0.3, -0.25) is 4.68 Å². The van der Waals surface area contributed by atoms with Crippen molar-refractivity contribution in [2.75, 3.05) is 0 Å². The summed E-state index contributed by atoms with van der Waals surface area (Å²) in [5.41, 5.74) is 10.8. The first-order valence-electron chi connectivity index (χ1n) is 7.75. The van der Waals surface area contributed by atoms with Gasteiger partial charge < -0.3 is 10.3 Å². The summed E-state index contributed by atoms with van der Waals surface area (Å²) in [4.78, 5) is 0. The van der Waals surface area contributed by atoms with Gasteiger partial charge >= 0.3 is 0 Å². The number of aryl methyl sites for hydroxylation is 2. The smallest absolute Gasteiger partial charge is 0.0692 e. The lowest BCUT2D eigenvalue weighted by Crippen LogP contribution is -2.30. The van der Waals surface area contributed by atoms with E-state index in [1.807, 2.05) is 10.9 Å². The van der Waals surface area contributed by atoms with Crippen LogP contribution in [0.5, 0.6) is 0 Å². The van der Waals surface area contributed by atoms with Crippen molar-refractivity contribution in [3.8, 4) is 0 Å². The largest absolute Gasteiger partial charge is 0.348 e. The Morgan fingerprint density at radius 3 is 2.90 bits per heavy atom. The van der Waals surface area contributed by atoms with Gasteiger partial charge in [-0.2, -0.15) is 0 Å². The van der Waals surface area contributed by atoms with Gasteiger partial charge in [-0.05, 0) is 43.2 Å². The zero-order chi connectivity index (χ0) is 15.0. The molecule has 21 heavy (non-hydrogen) atoms. The second-order valence-corrected chi connectivity index (χ2v) is 7.01. The number of fused-ring (bicyclic) bond motifs is 1. The summed E-state index contributed by atoms with van der Waals surface area (Å²) in [6.45, 7) is 8.74. The summed E-state index contributed by atoms with van der Waals surface area (Å²) in [6.07, 6.45) is 6.89. The molecule has 1 aliphatic carbocycles. The van der Waals surface area contributed by atoms with Gasteiger partial charge in [0.25, 0.3) is 0 Å². The number of nitrogens with zero attached hydrogens (tertiary/aromatic N) is 4. The van der Waals surface area contributed by atoms with Crippen LogP contribution in [-0.4, -0.2) is 19.6 Å². The first-order valence-corrected chi connectivity index (χ1v) is 7.75. The van der Waals surface area contributed by atoms with E-state index in [0.717, 1.165) is 32.4 Å². The summed E-state index contributed by atoms with van der Waals surface area (Å²) in [5.74, 6) is 0. The maximum absolute atomic E-state index is 6.37. The van der Waals surface area contributed by atoms with Crippen LogP contribution in [0, 0.1) is 12.3 Å². The lowest BCUT2D eigenvalue weighted by Gasteiger charge is -2.34. The van der Waals surface area contributed by atoms with E-state index >= 15 is 0 Å². The van der Waals surface area contributed by atoms with Crippen LogP contribution >= 0.6 is 0 Å². The first-order chi connectivity index (χ1) is 9.96. The molecule has 0 saturated heterocycles. The zero-order valence-electron chi connectivity index (χ0n) is 13.2. The van der Waals surface area contributed by atoms with Crippen LogP contribution in [0.3, 0.4) is 0 Å². The van der Waals surface area contributed by atoms with Crippen LogP contribution in [0.4, 0.5) is 0 Å². The molecule has 5 heteroatoms. The van der Waals surface area contributed by atoms with Crippen LogP contribution in [0.25, 0.3) is 0 Å². The summed E-state index contributed by atoms with van der Waals surface area (Å²) < 4.78 is 4.34. The molecule has 0 bridgehead atoms. The highest BCUT2D eigenvalue weighted by Gasteiger charge is 2.33. The minimum absolute atomic E-state index is 0.180. The highest BCUT2D eigenvalue weighted by atomic mass is 15.4. The second kappa shape index (κ2) is 5.30. The van der Waals surface area contributed by atoms with Gasteiger partial charge in [-0.25, -0.2) is 0 Å². The average Bonchev–Trinajstić information content (AvgIpc) is 2.99. The molecule has 5 nitrogen and oxygen atoms in total. The Hall–Kier alpha value is -1.62. The van der Waals surface area contributed by atoms with Gasteiger partial charge in [0, 0.05) is 36.7 Å². The third-order valence-electron chi connectivity index (χ3n) is 4.51. The highest BCUT2D eigenvalue weighted by Crippen LogP contribution is 2.40. The number of rotatable bonds is 4. The summed E-state index contributed by atoms with van der Waals surface area (Å²) in [6, 6.07) is 2.46. The van der Waals surface area contributed by atoms with E-state index in [1.165, 1.54) is 17.0 Å². The van der Waals surface area contributed by atoms with Crippen molar-refractivity contribution >= 4 is 0 Å². The van der Waals surface area contributed by atoms with Crippen molar-refractivity contribution in [1.82, 2.24) is 19.6 Å². The van der Waals surface area contributed by atoms with E-state index in [-0.39, 0.29) is 6.04 Å². The molecule has 0 radical (unpaired) electrons. The van der Waals surface area contributed by atoms with Crippen LogP contribution < -0.4 is 5.73 Å². The van der Waals surface area contributed by atoms with Crippen LogP contribution in [0.15, 0.2) is 18.5 Å². The number of aromatic nitrogens is 4. The molecule has 2 aromatic rings. The Balaban J connectivity index is 1.76. The maximum atomic E-state index is 6.37. The third-order valence-corrected chi connectivity index (χ3v) is 4.51. The molecule has 1 aliphatic rings. The molecule has 2 heterocycles. The first kappa shape index (κ1) is 14.3. The van der Waals surface area contributed by atoms with Gasteiger partial charge in [0.2, 0.25) is 0 Å². The van der Waals surface area contributed by atoms with E-state index in [1.54, 1.807) is 6.20 Å². The average molecular weight is 287 g/mol. The SMILES string of the molecule is Cc1cc2c(n1CCCn1ccnn1)CC(C)(C)CC2N. The standard InChI is InChI=1S/C16H25N5/c1-12-9-13-14(17)10-16(2,3)11-15(13)21(12)7-4-6-20-8-5-18-19-20/h5,8-9,14H,4,6-7,10-11,17H2,1-3H3. The van der Waals surface area contributed by atoms with Crippen molar-refractivity contribution in [3.63, 3.8) is 0 Å². The van der Waals surface area contributed by atoms with Gasteiger partial charge in [-0.1, -0.05) is 19.1 Å². The number of nitrogens with two attached hydrogens (primary N) is 1. The molecule has 1 unspecified atom stereocenters. The molecule has 0 amide bonds. The second-order valence-electron chi connectivity index (χ2n) is 7.01. The fourth-order valence-corrected chi connectivity index (χ4v) is 3.56. The molecule has 0 saturated carbocycles. The molecular weight excluding hydrogens is 262 g/mol. The van der Waals surface area contributed by atoms with Gasteiger partial charge in [0.05, 0.1) is 6.20 Å². The van der Waals surface area contributed by atoms with Gasteiger partial charge in [0.15, 0.2) is 0 Å². The molecule has 2 aromatic heterocycles. The van der Waals surface area contributed by atoms with Crippen molar-refractivity contribution in [3.05, 3.63) is 35.4 Å². The zero-order valence-corrected chi connectivity index (χ0v) is 13.2. The lowest BCUT2D eigenvalue weighted by atomic mass is 9.74. The van der Waals surface area contributed by atoms with Crippen molar-refractivity contribution in [1.29, 1.82) is 0 Å². The molecule has 114 valence electrons. The van der Waals surface area contributed by atoms with Gasteiger partial charge in [0.1, 0.15) is 0 Å². The van der Waals surface area contributed by atoms with E-state index in [2.05, 4.69) is 41.7 Å². The maximum Gasteiger partial charge on any atom is 0.0692 e. The Morgan fingerprint density at radius 1 is 1.38 bits per heavy atom. The topological polar surface area (TPSA) is 61.7 Å². The Kier molecular flexibility index (Phi) is 3.61. The summed E-state index contributed by atoms with van der Waals surface area (Å²) >= 11 is 0. The van der Waals surface area contributed by atoms with Crippen molar-refractivity contribution < 1.29 is 0 Å². The minimum Gasteiger partial charge on any atom is -0.348 e. The van der Waals surface area contributed by atoms with Crippen molar-refractivity contribution in [2.24, 2.45) is 11.1 Å². The number of hydrogen-bond acceptors (Lipinski definition) is 3.